The van der Waals surface area contributed by atoms with Crippen LogP contribution in [0.2, 0.25) is 0 Å². The second-order valence-electron chi connectivity index (χ2n) is 5.79. The van der Waals surface area contributed by atoms with Gasteiger partial charge in [-0.1, -0.05) is 0 Å². The number of carbonyl (C=O) groups excluding carboxylic acids is 1. The summed E-state index contributed by atoms with van der Waals surface area (Å²) in [6.07, 6.45) is 0.478. The molecule has 0 radical (unpaired) electrons. The maximum absolute atomic E-state index is 14.1. The van der Waals surface area contributed by atoms with Gasteiger partial charge in [-0.05, 0) is 61.3 Å². The van der Waals surface area contributed by atoms with Crippen LogP contribution in [0.15, 0.2) is 12.1 Å². The van der Waals surface area contributed by atoms with Crippen LogP contribution >= 0.6 is 28.5 Å². The molecule has 0 saturated carbocycles. The number of aldehydes is 1. The summed E-state index contributed by atoms with van der Waals surface area (Å²) in [5, 5.41) is 0. The molecular formula is C13H16BFIO4P. The van der Waals surface area contributed by atoms with Crippen LogP contribution in [-0.4, -0.2) is 24.6 Å². The van der Waals surface area contributed by atoms with Crippen LogP contribution in [0, 0.1) is 5.82 Å². The molecule has 0 N–H and O–H groups in total. The van der Waals surface area contributed by atoms with Gasteiger partial charge < -0.3 is 13.8 Å². The van der Waals surface area contributed by atoms with Crippen molar-refractivity contribution in [3.8, 4) is 5.75 Å². The number of rotatable bonds is 4. The van der Waals surface area contributed by atoms with Crippen molar-refractivity contribution in [3.63, 3.8) is 0 Å². The van der Waals surface area contributed by atoms with Gasteiger partial charge in [0.2, 0.25) is 0 Å². The van der Waals surface area contributed by atoms with E-state index < -0.39 is 24.1 Å². The van der Waals surface area contributed by atoms with E-state index in [4.69, 9.17) is 13.8 Å². The van der Waals surface area contributed by atoms with Crippen molar-refractivity contribution in [3.05, 3.63) is 23.5 Å². The summed E-state index contributed by atoms with van der Waals surface area (Å²) in [6.45, 7) is 7.74. The minimum Gasteiger partial charge on any atom is -0.467 e. The Morgan fingerprint density at radius 1 is 1.29 bits per heavy atom. The van der Waals surface area contributed by atoms with Crippen LogP contribution in [0.25, 0.3) is 0 Å². The van der Waals surface area contributed by atoms with Crippen molar-refractivity contribution < 1.29 is 23.0 Å². The van der Waals surface area contributed by atoms with E-state index in [1.807, 2.05) is 49.7 Å². The second-order valence-corrected chi connectivity index (χ2v) is 7.47. The Morgan fingerprint density at radius 3 is 2.33 bits per heavy atom. The monoisotopic (exact) mass is 424 g/mol. The lowest BCUT2D eigenvalue weighted by molar-refractivity contribution is 0.00578. The molecule has 1 aromatic carbocycles. The largest absolute Gasteiger partial charge is 0.495 e. The molecule has 1 atom stereocenters. The van der Waals surface area contributed by atoms with Gasteiger partial charge in [-0.25, -0.2) is 4.39 Å². The lowest BCUT2D eigenvalue weighted by atomic mass is 9.76. The van der Waals surface area contributed by atoms with E-state index in [0.717, 1.165) is 0 Å². The maximum Gasteiger partial charge on any atom is 0.495 e. The van der Waals surface area contributed by atoms with Gasteiger partial charge in [0, 0.05) is 6.07 Å². The summed E-state index contributed by atoms with van der Waals surface area (Å²) in [5.74, 6) is -0.280. The fourth-order valence-electron chi connectivity index (χ4n) is 2.01. The molecule has 1 aliphatic rings. The zero-order valence-corrected chi connectivity index (χ0v) is 15.4. The molecule has 8 heteroatoms. The smallest absolute Gasteiger partial charge is 0.467 e. The summed E-state index contributed by atoms with van der Waals surface area (Å²) in [7, 11) is -0.800. The van der Waals surface area contributed by atoms with Crippen LogP contribution in [-0.2, 0) is 9.31 Å². The molecule has 1 fully saturated rings. The first-order valence-corrected chi connectivity index (χ1v) is 10.4. The third kappa shape index (κ3) is 3.26. The Balaban J connectivity index is 2.46. The highest BCUT2D eigenvalue weighted by Gasteiger charge is 2.52. The van der Waals surface area contributed by atoms with Crippen LogP contribution in [0.3, 0.4) is 0 Å². The highest BCUT2D eigenvalue weighted by molar-refractivity contribution is 14.2. The van der Waals surface area contributed by atoms with Crippen LogP contribution < -0.4 is 9.99 Å². The van der Waals surface area contributed by atoms with Gasteiger partial charge >= 0.3 is 7.12 Å². The molecule has 0 spiro atoms. The Bertz CT molecular complexity index is 551. The third-order valence-electron chi connectivity index (χ3n) is 3.92. The molecule has 1 heterocycles. The molecule has 0 aliphatic carbocycles. The molecule has 0 bridgehead atoms. The molecule has 1 aliphatic heterocycles. The van der Waals surface area contributed by atoms with E-state index in [1.165, 1.54) is 6.07 Å². The first-order valence-electron chi connectivity index (χ1n) is 6.38. The summed E-state index contributed by atoms with van der Waals surface area (Å²) in [6, 6.07) is 2.80. The van der Waals surface area contributed by atoms with Gasteiger partial charge in [0.1, 0.15) is 18.0 Å². The van der Waals surface area contributed by atoms with E-state index in [0.29, 0.717) is 17.5 Å². The highest BCUT2D eigenvalue weighted by atomic mass is 127. The lowest BCUT2D eigenvalue weighted by Crippen LogP contribution is -2.41. The molecule has 1 saturated heterocycles. The van der Waals surface area contributed by atoms with E-state index in [2.05, 4.69) is 0 Å². The molecular weight excluding hydrogens is 408 g/mol. The zero-order valence-electron chi connectivity index (χ0n) is 12.2. The number of halogens is 2. The first kappa shape index (κ1) is 17.1. The van der Waals surface area contributed by atoms with Crippen molar-refractivity contribution in [1.29, 1.82) is 0 Å². The van der Waals surface area contributed by atoms with Crippen LogP contribution in [0.1, 0.15) is 38.1 Å². The average molecular weight is 424 g/mol. The predicted octanol–water partition coefficient (Wildman–Crippen LogP) is 3.26. The van der Waals surface area contributed by atoms with Crippen molar-refractivity contribution in [1.82, 2.24) is 0 Å². The summed E-state index contributed by atoms with van der Waals surface area (Å²) >= 11 is 2.04. The molecule has 1 aromatic rings. The number of benzene rings is 1. The molecule has 1 unspecified atom stereocenters. The normalized spacial score (nSPS) is 20.2. The van der Waals surface area contributed by atoms with Crippen molar-refractivity contribution in [2.45, 2.75) is 38.9 Å². The van der Waals surface area contributed by atoms with Crippen LogP contribution in [0.4, 0.5) is 4.39 Å². The van der Waals surface area contributed by atoms with Crippen molar-refractivity contribution in [2.24, 2.45) is 0 Å². The lowest BCUT2D eigenvalue weighted by Gasteiger charge is -2.32. The molecule has 4 nitrogen and oxygen atoms in total. The van der Waals surface area contributed by atoms with Gasteiger partial charge in [-0.3, -0.25) is 4.79 Å². The standard InChI is InChI=1S/C13H16BFIO4P/c1-12(2)13(3,4)20-14(19-12)10-5-8(18-21-16)6-11(15)9(10)7-17/h5-7,21H,1-4H3. The summed E-state index contributed by atoms with van der Waals surface area (Å²) in [5.41, 5.74) is -0.822. The molecule has 0 aromatic heterocycles. The van der Waals surface area contributed by atoms with E-state index in [9.17, 15) is 9.18 Å². The summed E-state index contributed by atoms with van der Waals surface area (Å²) in [4.78, 5) is 11.2. The maximum atomic E-state index is 14.1. The number of carbonyl (C=O) groups is 1. The van der Waals surface area contributed by atoms with Gasteiger partial charge in [0.15, 0.2) is 6.29 Å². The van der Waals surface area contributed by atoms with Gasteiger partial charge in [-0.2, -0.15) is 0 Å². The minimum absolute atomic E-state index is 0.0577. The van der Waals surface area contributed by atoms with E-state index in [1.54, 1.807) is 6.07 Å². The second kappa shape index (κ2) is 6.10. The fraction of sp³-hybridized carbons (Fsp3) is 0.462. The van der Waals surface area contributed by atoms with Crippen molar-refractivity contribution in [2.75, 3.05) is 0 Å². The van der Waals surface area contributed by atoms with E-state index in [-0.39, 0.29) is 12.0 Å². The average Bonchev–Trinajstić information content (AvgIpc) is 2.58. The van der Waals surface area contributed by atoms with Gasteiger partial charge in [-0.15, -0.1) is 0 Å². The minimum atomic E-state index is -0.800. The van der Waals surface area contributed by atoms with Crippen molar-refractivity contribution >= 4 is 47.4 Å². The number of hydrogen-bond donors (Lipinski definition) is 0. The first-order chi connectivity index (χ1) is 9.71. The fourth-order valence-corrected chi connectivity index (χ4v) is 2.98. The predicted molar refractivity (Wildman–Crippen MR) is 90.5 cm³/mol. The molecule has 2 rings (SSSR count). The van der Waals surface area contributed by atoms with Gasteiger partial charge in [0.25, 0.3) is 0 Å². The molecule has 21 heavy (non-hydrogen) atoms. The Hall–Kier alpha value is -0.235. The molecule has 114 valence electrons. The quantitative estimate of drug-likeness (QED) is 0.323. The third-order valence-corrected chi connectivity index (χ3v) is 4.89. The Kier molecular flexibility index (Phi) is 4.98. The molecule has 0 amide bonds. The SMILES string of the molecule is CC1(C)OB(c2cc(OPI)cc(F)c2C=O)OC1(C)C. The summed E-state index contributed by atoms with van der Waals surface area (Å²) < 4.78 is 31.1. The Labute approximate surface area is 138 Å². The van der Waals surface area contributed by atoms with Gasteiger partial charge in [0.05, 0.1) is 16.8 Å². The Morgan fingerprint density at radius 2 is 1.86 bits per heavy atom. The zero-order chi connectivity index (χ0) is 15.8. The topological polar surface area (TPSA) is 44.8 Å². The van der Waals surface area contributed by atoms with E-state index >= 15 is 0 Å². The van der Waals surface area contributed by atoms with Crippen LogP contribution in [0.5, 0.6) is 5.75 Å². The highest BCUT2D eigenvalue weighted by Crippen LogP contribution is 2.37. The number of hydrogen-bond acceptors (Lipinski definition) is 4.